The number of benzene rings is 2. The predicted molar refractivity (Wildman–Crippen MR) is 103 cm³/mol. The first-order valence-corrected chi connectivity index (χ1v) is 9.71. The molecule has 0 bridgehead atoms. The lowest BCUT2D eigenvalue weighted by Crippen LogP contribution is -2.27. The summed E-state index contributed by atoms with van der Waals surface area (Å²) in [5, 5.41) is 9.86. The first-order chi connectivity index (χ1) is 14.0. The number of thiazole rings is 1. The summed E-state index contributed by atoms with van der Waals surface area (Å²) in [6, 6.07) is 5.07. The van der Waals surface area contributed by atoms with Gasteiger partial charge in [-0.05, 0) is 36.8 Å². The molecule has 0 radical (unpaired) electrons. The number of aliphatic carboxylic acids is 1. The highest BCUT2D eigenvalue weighted by Gasteiger charge is 2.32. The molecular weight excluding hydrogens is 448 g/mol. The second-order valence-corrected chi connectivity index (χ2v) is 7.63. The van der Waals surface area contributed by atoms with Crippen molar-refractivity contribution in [1.29, 1.82) is 0 Å². The number of nitrogens with zero attached hydrogens (tertiary/aromatic N) is 2. The minimum Gasteiger partial charge on any atom is -0.480 e. The Morgan fingerprint density at radius 1 is 1.27 bits per heavy atom. The summed E-state index contributed by atoms with van der Waals surface area (Å²) < 4.78 is 54.2. The molecule has 11 heteroatoms. The number of hydrogen-bond donors (Lipinski definition) is 1. The first-order valence-electron chi connectivity index (χ1n) is 8.52. The zero-order valence-corrected chi connectivity index (χ0v) is 16.8. The SMILES string of the molecule is CCC(C(=O)O)n1c(=NC(=O)c2cc(F)cc(C(F)(F)F)c2)sc2c(Cl)cccc21. The number of carbonyl (C=O) groups excluding carboxylic acids is 1. The number of fused-ring (bicyclic) bond motifs is 1. The molecular formula is C19H13ClF4N2O3S. The van der Waals surface area contributed by atoms with Crippen LogP contribution in [-0.2, 0) is 11.0 Å². The van der Waals surface area contributed by atoms with Gasteiger partial charge in [0.15, 0.2) is 4.80 Å². The van der Waals surface area contributed by atoms with Crippen molar-refractivity contribution in [3.8, 4) is 0 Å². The summed E-state index contributed by atoms with van der Waals surface area (Å²) in [5.41, 5.74) is -1.53. The van der Waals surface area contributed by atoms with Gasteiger partial charge in [-0.25, -0.2) is 9.18 Å². The Bertz CT molecular complexity index is 1220. The van der Waals surface area contributed by atoms with E-state index in [2.05, 4.69) is 4.99 Å². The van der Waals surface area contributed by atoms with Crippen molar-refractivity contribution in [1.82, 2.24) is 4.57 Å². The third-order valence-corrected chi connectivity index (χ3v) is 5.79. The number of hydrogen-bond acceptors (Lipinski definition) is 3. The monoisotopic (exact) mass is 460 g/mol. The van der Waals surface area contributed by atoms with Gasteiger partial charge in [-0.3, -0.25) is 4.79 Å². The van der Waals surface area contributed by atoms with Crippen molar-refractivity contribution in [3.63, 3.8) is 0 Å². The summed E-state index contributed by atoms with van der Waals surface area (Å²) in [5.74, 6) is -3.57. The maximum Gasteiger partial charge on any atom is 0.416 e. The standard InChI is InChI=1S/C19H13ClF4N2O3S/c1-2-13(17(28)29)26-14-5-3-4-12(20)15(14)30-18(26)25-16(27)9-6-10(19(22,23)24)8-11(21)7-9/h3-8,13H,2H2,1H3,(H,28,29). The highest BCUT2D eigenvalue weighted by atomic mass is 35.5. The molecule has 30 heavy (non-hydrogen) atoms. The van der Waals surface area contributed by atoms with Gasteiger partial charge in [0.25, 0.3) is 5.91 Å². The number of halogens is 5. The van der Waals surface area contributed by atoms with E-state index in [-0.39, 0.29) is 17.3 Å². The van der Waals surface area contributed by atoms with Crippen LogP contribution in [0.4, 0.5) is 17.6 Å². The van der Waals surface area contributed by atoms with E-state index >= 15 is 0 Å². The molecule has 1 heterocycles. The molecule has 0 aliphatic heterocycles. The van der Waals surface area contributed by atoms with Crippen LogP contribution in [0.5, 0.6) is 0 Å². The molecule has 1 amide bonds. The molecule has 1 atom stereocenters. The lowest BCUT2D eigenvalue weighted by atomic mass is 10.1. The van der Waals surface area contributed by atoms with Crippen molar-refractivity contribution in [2.45, 2.75) is 25.6 Å². The Morgan fingerprint density at radius 2 is 1.97 bits per heavy atom. The maximum absolute atomic E-state index is 13.7. The number of carboxylic acids is 1. The summed E-state index contributed by atoms with van der Waals surface area (Å²) in [6.07, 6.45) is -4.70. The van der Waals surface area contributed by atoms with E-state index < -0.39 is 41.0 Å². The number of aromatic nitrogens is 1. The Hall–Kier alpha value is -2.72. The van der Waals surface area contributed by atoms with Gasteiger partial charge in [-0.1, -0.05) is 35.9 Å². The molecule has 0 fully saturated rings. The van der Waals surface area contributed by atoms with Crippen LogP contribution >= 0.6 is 22.9 Å². The van der Waals surface area contributed by atoms with E-state index in [1.807, 2.05) is 0 Å². The van der Waals surface area contributed by atoms with Gasteiger partial charge < -0.3 is 9.67 Å². The maximum atomic E-state index is 13.7. The number of alkyl halides is 3. The molecule has 0 spiro atoms. The van der Waals surface area contributed by atoms with Crippen molar-refractivity contribution in [2.75, 3.05) is 0 Å². The van der Waals surface area contributed by atoms with Gasteiger partial charge in [-0.2, -0.15) is 18.2 Å². The van der Waals surface area contributed by atoms with Crippen LogP contribution in [0.1, 0.15) is 35.3 Å². The van der Waals surface area contributed by atoms with Gasteiger partial charge in [0.1, 0.15) is 11.9 Å². The second kappa shape index (κ2) is 8.19. The molecule has 2 aromatic carbocycles. The topological polar surface area (TPSA) is 71.7 Å². The van der Waals surface area contributed by atoms with Gasteiger partial charge in [0.2, 0.25) is 0 Å². The van der Waals surface area contributed by atoms with Crippen molar-refractivity contribution in [3.05, 3.63) is 63.2 Å². The highest BCUT2D eigenvalue weighted by molar-refractivity contribution is 7.17. The quantitative estimate of drug-likeness (QED) is 0.538. The lowest BCUT2D eigenvalue weighted by Gasteiger charge is -2.13. The fraction of sp³-hybridized carbons (Fsp3) is 0.211. The molecule has 158 valence electrons. The first kappa shape index (κ1) is 22.0. The van der Waals surface area contributed by atoms with Crippen LogP contribution in [0.25, 0.3) is 10.2 Å². The van der Waals surface area contributed by atoms with Crippen molar-refractivity contribution >= 4 is 45.0 Å². The summed E-state index contributed by atoms with van der Waals surface area (Å²) in [7, 11) is 0. The smallest absolute Gasteiger partial charge is 0.416 e. The lowest BCUT2D eigenvalue weighted by molar-refractivity contribution is -0.141. The summed E-state index contributed by atoms with van der Waals surface area (Å²) in [4.78, 5) is 28.0. The van der Waals surface area contributed by atoms with Crippen LogP contribution < -0.4 is 4.80 Å². The van der Waals surface area contributed by atoms with Gasteiger partial charge in [0, 0.05) is 5.56 Å². The number of carboxylic acid groups (broad SMARTS) is 1. The second-order valence-electron chi connectivity index (χ2n) is 6.25. The Morgan fingerprint density at radius 3 is 2.57 bits per heavy atom. The van der Waals surface area contributed by atoms with E-state index in [9.17, 15) is 32.3 Å². The molecule has 0 aliphatic carbocycles. The molecule has 1 aromatic heterocycles. The number of carbonyl (C=O) groups is 2. The van der Waals surface area contributed by atoms with E-state index in [0.29, 0.717) is 27.4 Å². The van der Waals surface area contributed by atoms with E-state index in [1.54, 1.807) is 25.1 Å². The molecule has 3 aromatic rings. The molecule has 3 rings (SSSR count). The Kier molecular flexibility index (Phi) is 6.00. The largest absolute Gasteiger partial charge is 0.480 e. The molecule has 1 unspecified atom stereocenters. The van der Waals surface area contributed by atoms with E-state index in [0.717, 1.165) is 11.3 Å². The van der Waals surface area contributed by atoms with E-state index in [4.69, 9.17) is 11.6 Å². The zero-order chi connectivity index (χ0) is 22.2. The predicted octanol–water partition coefficient (Wildman–Crippen LogP) is 5.29. The molecule has 5 nitrogen and oxygen atoms in total. The third kappa shape index (κ3) is 4.24. The fourth-order valence-electron chi connectivity index (χ4n) is 2.91. The minimum atomic E-state index is -4.85. The fourth-order valence-corrected chi connectivity index (χ4v) is 4.26. The molecule has 0 saturated carbocycles. The Labute approximate surface area is 175 Å². The molecule has 1 N–H and O–H groups in total. The average Bonchev–Trinajstić information content (AvgIpc) is 3.00. The van der Waals surface area contributed by atoms with Gasteiger partial charge in [-0.15, -0.1) is 0 Å². The molecule has 0 saturated heterocycles. The number of rotatable bonds is 4. The zero-order valence-electron chi connectivity index (χ0n) is 15.2. The van der Waals surface area contributed by atoms with Crippen molar-refractivity contribution < 1.29 is 32.3 Å². The minimum absolute atomic E-state index is 0.0739. The average molecular weight is 461 g/mol. The number of amides is 1. The Balaban J connectivity index is 2.24. The van der Waals surface area contributed by atoms with Crippen LogP contribution in [-0.4, -0.2) is 21.6 Å². The molecule has 0 aliphatic rings. The normalized spacial score (nSPS) is 13.6. The summed E-state index contributed by atoms with van der Waals surface area (Å²) in [6.45, 7) is 1.62. The van der Waals surface area contributed by atoms with Crippen LogP contribution in [0.2, 0.25) is 5.02 Å². The highest BCUT2D eigenvalue weighted by Crippen LogP contribution is 2.31. The van der Waals surface area contributed by atoms with Crippen LogP contribution in [0.3, 0.4) is 0 Å². The van der Waals surface area contributed by atoms with E-state index in [1.165, 1.54) is 4.57 Å². The van der Waals surface area contributed by atoms with Gasteiger partial charge in [0.05, 0.1) is 20.8 Å². The van der Waals surface area contributed by atoms with Crippen LogP contribution in [0.15, 0.2) is 41.4 Å². The van der Waals surface area contributed by atoms with Crippen molar-refractivity contribution in [2.24, 2.45) is 4.99 Å². The van der Waals surface area contributed by atoms with Crippen LogP contribution in [0, 0.1) is 5.82 Å². The third-order valence-electron chi connectivity index (χ3n) is 4.26. The van der Waals surface area contributed by atoms with Gasteiger partial charge >= 0.3 is 12.1 Å². The summed E-state index contributed by atoms with van der Waals surface area (Å²) >= 11 is 7.08.